The van der Waals surface area contributed by atoms with Crippen LogP contribution in [0.3, 0.4) is 0 Å². The molecule has 0 rings (SSSR count). The summed E-state index contributed by atoms with van der Waals surface area (Å²) in [5.74, 6) is 0.257. The van der Waals surface area contributed by atoms with E-state index >= 15 is 0 Å². The average molecular weight is 204 g/mol. The summed E-state index contributed by atoms with van der Waals surface area (Å²) in [5.41, 5.74) is -0.376. The van der Waals surface area contributed by atoms with E-state index < -0.39 is 0 Å². The average Bonchev–Trinajstić information content (AvgIpc) is 1.99. The molecule has 0 radical (unpaired) electrons. The summed E-state index contributed by atoms with van der Waals surface area (Å²) in [6, 6.07) is 0. The minimum atomic E-state index is -0.376. The van der Waals surface area contributed by atoms with E-state index in [2.05, 4.69) is 4.74 Å². The second kappa shape index (κ2) is 5.27. The SMILES string of the molecule is CCOC(=O)SCC(=O)C(C)(C)C. The lowest BCUT2D eigenvalue weighted by molar-refractivity contribution is -0.123. The van der Waals surface area contributed by atoms with Gasteiger partial charge in [-0.25, -0.2) is 4.79 Å². The van der Waals surface area contributed by atoms with Crippen LogP contribution < -0.4 is 0 Å². The first-order chi connectivity index (χ1) is 5.88. The number of Topliss-reactive ketones (excluding diaryl/α,β-unsaturated/α-hetero) is 1. The predicted octanol–water partition coefficient (Wildman–Crippen LogP) is 2.49. The molecule has 0 saturated heterocycles. The van der Waals surface area contributed by atoms with Gasteiger partial charge in [0, 0.05) is 5.41 Å². The van der Waals surface area contributed by atoms with Gasteiger partial charge in [0.05, 0.1) is 12.4 Å². The van der Waals surface area contributed by atoms with Gasteiger partial charge in [-0.05, 0) is 18.7 Å². The Balaban J connectivity index is 3.77. The molecule has 0 aliphatic rings. The fraction of sp³-hybridized carbons (Fsp3) is 0.778. The van der Waals surface area contributed by atoms with Crippen molar-refractivity contribution in [1.82, 2.24) is 0 Å². The summed E-state index contributed by atoms with van der Waals surface area (Å²) in [4.78, 5) is 22.2. The zero-order chi connectivity index (χ0) is 10.5. The van der Waals surface area contributed by atoms with Crippen molar-refractivity contribution < 1.29 is 14.3 Å². The van der Waals surface area contributed by atoms with Gasteiger partial charge in [0.25, 0.3) is 0 Å². The van der Waals surface area contributed by atoms with Crippen molar-refractivity contribution in [2.24, 2.45) is 5.41 Å². The first-order valence-electron chi connectivity index (χ1n) is 4.20. The fourth-order valence-electron chi connectivity index (χ4n) is 0.500. The van der Waals surface area contributed by atoms with Crippen LogP contribution in [0.15, 0.2) is 0 Å². The van der Waals surface area contributed by atoms with Crippen LogP contribution in [0.1, 0.15) is 27.7 Å². The number of carbonyl (C=O) groups is 2. The van der Waals surface area contributed by atoms with Gasteiger partial charge in [0.2, 0.25) is 0 Å². The van der Waals surface area contributed by atoms with Crippen molar-refractivity contribution in [3.05, 3.63) is 0 Å². The monoisotopic (exact) mass is 204 g/mol. The zero-order valence-corrected chi connectivity index (χ0v) is 9.36. The normalized spacial score (nSPS) is 11.1. The molecule has 0 aromatic rings. The molecule has 13 heavy (non-hydrogen) atoms. The first kappa shape index (κ1) is 12.5. The molecule has 0 saturated carbocycles. The fourth-order valence-corrected chi connectivity index (χ4v) is 1.38. The Kier molecular flexibility index (Phi) is 5.06. The van der Waals surface area contributed by atoms with E-state index in [1.165, 1.54) is 0 Å². The largest absolute Gasteiger partial charge is 0.458 e. The predicted molar refractivity (Wildman–Crippen MR) is 53.9 cm³/mol. The van der Waals surface area contributed by atoms with E-state index in [1.54, 1.807) is 6.92 Å². The minimum absolute atomic E-state index is 0.0607. The number of thioether (sulfide) groups is 1. The highest BCUT2D eigenvalue weighted by molar-refractivity contribution is 8.13. The van der Waals surface area contributed by atoms with Crippen LogP contribution in [-0.2, 0) is 9.53 Å². The Bertz CT molecular complexity index is 194. The van der Waals surface area contributed by atoms with E-state index in [0.717, 1.165) is 11.8 Å². The summed E-state index contributed by atoms with van der Waals surface area (Å²) >= 11 is 0.925. The van der Waals surface area contributed by atoms with E-state index in [9.17, 15) is 9.59 Å². The van der Waals surface area contributed by atoms with Gasteiger partial charge in [-0.1, -0.05) is 20.8 Å². The lowest BCUT2D eigenvalue weighted by atomic mass is 9.92. The van der Waals surface area contributed by atoms with Gasteiger partial charge in [-0.2, -0.15) is 0 Å². The molecule has 0 heterocycles. The summed E-state index contributed by atoms with van der Waals surface area (Å²) in [5, 5.41) is -0.375. The molecular weight excluding hydrogens is 188 g/mol. The Morgan fingerprint density at radius 3 is 2.23 bits per heavy atom. The van der Waals surface area contributed by atoms with Gasteiger partial charge >= 0.3 is 5.30 Å². The van der Waals surface area contributed by atoms with Crippen molar-refractivity contribution in [2.45, 2.75) is 27.7 Å². The lowest BCUT2D eigenvalue weighted by Gasteiger charge is -2.15. The molecule has 76 valence electrons. The third-order valence-electron chi connectivity index (χ3n) is 1.42. The van der Waals surface area contributed by atoms with E-state index in [4.69, 9.17) is 0 Å². The molecule has 4 heteroatoms. The van der Waals surface area contributed by atoms with Crippen LogP contribution >= 0.6 is 11.8 Å². The Morgan fingerprint density at radius 1 is 1.31 bits per heavy atom. The van der Waals surface area contributed by atoms with Gasteiger partial charge in [-0.3, -0.25) is 4.79 Å². The number of hydrogen-bond acceptors (Lipinski definition) is 4. The quantitative estimate of drug-likeness (QED) is 0.662. The molecule has 0 amide bonds. The molecule has 0 aromatic heterocycles. The summed E-state index contributed by atoms with van der Waals surface area (Å²) < 4.78 is 4.68. The maximum Gasteiger partial charge on any atom is 0.367 e. The van der Waals surface area contributed by atoms with Crippen molar-refractivity contribution >= 4 is 22.8 Å². The molecule has 0 bridgehead atoms. The Morgan fingerprint density at radius 2 is 1.85 bits per heavy atom. The smallest absolute Gasteiger partial charge is 0.367 e. The summed E-state index contributed by atoms with van der Waals surface area (Å²) in [6.45, 7) is 7.60. The highest BCUT2D eigenvalue weighted by atomic mass is 32.2. The van der Waals surface area contributed by atoms with E-state index in [1.807, 2.05) is 20.8 Å². The van der Waals surface area contributed by atoms with Gasteiger partial charge in [0.15, 0.2) is 0 Å². The van der Waals surface area contributed by atoms with Crippen LogP contribution in [-0.4, -0.2) is 23.4 Å². The van der Waals surface area contributed by atoms with Crippen molar-refractivity contribution in [2.75, 3.05) is 12.4 Å². The first-order valence-corrected chi connectivity index (χ1v) is 5.19. The molecule has 0 aliphatic carbocycles. The zero-order valence-electron chi connectivity index (χ0n) is 8.55. The second-order valence-electron chi connectivity index (χ2n) is 3.64. The Labute approximate surface area is 83.2 Å². The Hall–Kier alpha value is -0.510. The lowest BCUT2D eigenvalue weighted by Crippen LogP contribution is -2.22. The third kappa shape index (κ3) is 5.69. The van der Waals surface area contributed by atoms with Crippen molar-refractivity contribution in [1.29, 1.82) is 0 Å². The summed E-state index contributed by atoms with van der Waals surface area (Å²) in [7, 11) is 0. The number of rotatable bonds is 3. The number of ketones is 1. The van der Waals surface area contributed by atoms with Gasteiger partial charge < -0.3 is 4.74 Å². The topological polar surface area (TPSA) is 43.4 Å². The molecule has 0 N–H and O–H groups in total. The van der Waals surface area contributed by atoms with Crippen LogP contribution in [0.2, 0.25) is 0 Å². The summed E-state index contributed by atoms with van der Waals surface area (Å²) in [6.07, 6.45) is 0. The van der Waals surface area contributed by atoms with Crippen molar-refractivity contribution in [3.63, 3.8) is 0 Å². The van der Waals surface area contributed by atoms with Gasteiger partial charge in [-0.15, -0.1) is 0 Å². The minimum Gasteiger partial charge on any atom is -0.458 e. The maximum absolute atomic E-state index is 11.3. The molecule has 0 spiro atoms. The standard InChI is InChI=1S/C9H16O3S/c1-5-12-8(11)13-6-7(10)9(2,3)4/h5-6H2,1-4H3. The van der Waals surface area contributed by atoms with Crippen LogP contribution in [0.5, 0.6) is 0 Å². The highest BCUT2D eigenvalue weighted by Gasteiger charge is 2.22. The molecular formula is C9H16O3S. The van der Waals surface area contributed by atoms with Crippen molar-refractivity contribution in [3.8, 4) is 0 Å². The molecule has 3 nitrogen and oxygen atoms in total. The van der Waals surface area contributed by atoms with Crippen LogP contribution in [0, 0.1) is 5.41 Å². The third-order valence-corrected chi connectivity index (χ3v) is 2.18. The van der Waals surface area contributed by atoms with Crippen LogP contribution in [0.4, 0.5) is 4.79 Å². The number of hydrogen-bond donors (Lipinski definition) is 0. The van der Waals surface area contributed by atoms with Gasteiger partial charge in [0.1, 0.15) is 5.78 Å². The maximum atomic E-state index is 11.3. The number of ether oxygens (including phenoxy) is 1. The molecule has 0 fully saturated rings. The van der Waals surface area contributed by atoms with E-state index in [0.29, 0.717) is 6.61 Å². The molecule has 0 atom stereocenters. The van der Waals surface area contributed by atoms with E-state index in [-0.39, 0.29) is 22.3 Å². The van der Waals surface area contributed by atoms with Crippen LogP contribution in [0.25, 0.3) is 0 Å². The molecule has 0 aromatic carbocycles. The molecule has 0 aliphatic heterocycles. The second-order valence-corrected chi connectivity index (χ2v) is 4.56. The molecule has 0 unspecified atom stereocenters. The highest BCUT2D eigenvalue weighted by Crippen LogP contribution is 2.18. The number of carbonyl (C=O) groups excluding carboxylic acids is 2.